The summed E-state index contributed by atoms with van der Waals surface area (Å²) in [6, 6.07) is 15.7. The van der Waals surface area contributed by atoms with Gasteiger partial charge in [0.2, 0.25) is 0 Å². The first-order valence-electron chi connectivity index (χ1n) is 6.73. The highest BCUT2D eigenvalue weighted by Crippen LogP contribution is 2.24. The smallest absolute Gasteiger partial charge is 0.119 e. The quantitative estimate of drug-likeness (QED) is 0.736. The molecule has 3 aromatic rings. The summed E-state index contributed by atoms with van der Waals surface area (Å²) in [5.41, 5.74) is 9.76. The number of rotatable bonds is 3. The Bertz CT molecular complexity index is 809. The molecule has 3 heteroatoms. The molecule has 0 spiro atoms. The zero-order valence-electron chi connectivity index (χ0n) is 11.8. The van der Waals surface area contributed by atoms with Crippen LogP contribution in [0.4, 0.5) is 5.69 Å². The first kappa shape index (κ1) is 13.2. The Kier molecular flexibility index (Phi) is 3.56. The van der Waals surface area contributed by atoms with Gasteiger partial charge < -0.3 is 10.5 Å². The maximum atomic E-state index is 5.96. The van der Waals surface area contributed by atoms with Gasteiger partial charge in [-0.2, -0.15) is 0 Å². The van der Waals surface area contributed by atoms with Crippen LogP contribution in [0.1, 0.15) is 11.1 Å². The number of fused-ring (bicyclic) bond motifs is 1. The molecular formula is C18H16N2O. The van der Waals surface area contributed by atoms with E-state index in [4.69, 9.17) is 10.5 Å². The van der Waals surface area contributed by atoms with E-state index in [0.29, 0.717) is 0 Å². The molecule has 2 N–H and O–H groups in total. The zero-order valence-corrected chi connectivity index (χ0v) is 11.8. The van der Waals surface area contributed by atoms with E-state index in [9.17, 15) is 0 Å². The second-order valence-corrected chi connectivity index (χ2v) is 4.75. The van der Waals surface area contributed by atoms with Crippen LogP contribution in [0.3, 0.4) is 0 Å². The summed E-state index contributed by atoms with van der Waals surface area (Å²) in [6.07, 6.45) is 5.88. The summed E-state index contributed by atoms with van der Waals surface area (Å²) >= 11 is 0. The van der Waals surface area contributed by atoms with E-state index in [-0.39, 0.29) is 0 Å². The lowest BCUT2D eigenvalue weighted by molar-refractivity contribution is 0.415. The van der Waals surface area contributed by atoms with Crippen molar-refractivity contribution in [3.05, 3.63) is 65.9 Å². The summed E-state index contributed by atoms with van der Waals surface area (Å²) in [4.78, 5) is 4.38. The first-order valence-corrected chi connectivity index (χ1v) is 6.73. The average Bonchev–Trinajstić information content (AvgIpc) is 2.53. The molecule has 21 heavy (non-hydrogen) atoms. The summed E-state index contributed by atoms with van der Waals surface area (Å²) < 4.78 is 5.29. The van der Waals surface area contributed by atoms with E-state index >= 15 is 0 Å². The van der Waals surface area contributed by atoms with Crippen molar-refractivity contribution in [2.75, 3.05) is 12.8 Å². The van der Waals surface area contributed by atoms with Crippen LogP contribution in [0.25, 0.3) is 23.1 Å². The van der Waals surface area contributed by atoms with Crippen molar-refractivity contribution in [2.45, 2.75) is 0 Å². The molecule has 3 rings (SSSR count). The molecule has 0 atom stereocenters. The van der Waals surface area contributed by atoms with Crippen LogP contribution in [0, 0.1) is 0 Å². The summed E-state index contributed by atoms with van der Waals surface area (Å²) in [5, 5.41) is 1.06. The Balaban J connectivity index is 2.06. The SMILES string of the molecule is COc1ccc2nccc(C=Cc3ccccc3N)c2c1. The molecule has 104 valence electrons. The van der Waals surface area contributed by atoms with Gasteiger partial charge in [-0.05, 0) is 41.5 Å². The zero-order chi connectivity index (χ0) is 14.7. The number of nitrogens with two attached hydrogens (primary N) is 1. The molecule has 0 bridgehead atoms. The summed E-state index contributed by atoms with van der Waals surface area (Å²) in [5.74, 6) is 0.823. The maximum Gasteiger partial charge on any atom is 0.119 e. The molecule has 3 nitrogen and oxygen atoms in total. The Morgan fingerprint density at radius 1 is 1.00 bits per heavy atom. The Morgan fingerprint density at radius 2 is 1.81 bits per heavy atom. The lowest BCUT2D eigenvalue weighted by Gasteiger charge is -2.05. The average molecular weight is 276 g/mol. The van der Waals surface area contributed by atoms with E-state index in [0.717, 1.165) is 33.5 Å². The number of nitrogen functional groups attached to an aromatic ring is 1. The molecule has 0 saturated carbocycles. The van der Waals surface area contributed by atoms with Crippen molar-refractivity contribution in [3.63, 3.8) is 0 Å². The number of nitrogens with zero attached hydrogens (tertiary/aromatic N) is 1. The number of hydrogen-bond donors (Lipinski definition) is 1. The topological polar surface area (TPSA) is 48.1 Å². The second kappa shape index (κ2) is 5.67. The van der Waals surface area contributed by atoms with Crippen molar-refractivity contribution >= 4 is 28.7 Å². The van der Waals surface area contributed by atoms with Crippen LogP contribution in [0.15, 0.2) is 54.7 Å². The van der Waals surface area contributed by atoms with Gasteiger partial charge in [0, 0.05) is 17.3 Å². The standard InChI is InChI=1S/C18H16N2O/c1-21-15-8-9-18-16(12-15)13(10-11-20-18)6-7-14-4-2-3-5-17(14)19/h2-12H,19H2,1H3. The fraction of sp³-hybridized carbons (Fsp3) is 0.0556. The van der Waals surface area contributed by atoms with Crippen molar-refractivity contribution in [2.24, 2.45) is 0 Å². The lowest BCUT2D eigenvalue weighted by atomic mass is 10.1. The van der Waals surface area contributed by atoms with E-state index in [1.165, 1.54) is 0 Å². The number of pyridine rings is 1. The van der Waals surface area contributed by atoms with Crippen molar-refractivity contribution in [1.29, 1.82) is 0 Å². The molecule has 0 aliphatic heterocycles. The molecule has 0 aliphatic carbocycles. The molecular weight excluding hydrogens is 260 g/mol. The highest BCUT2D eigenvalue weighted by atomic mass is 16.5. The number of hydrogen-bond acceptors (Lipinski definition) is 3. The monoisotopic (exact) mass is 276 g/mol. The second-order valence-electron chi connectivity index (χ2n) is 4.75. The minimum atomic E-state index is 0.768. The Morgan fingerprint density at radius 3 is 2.62 bits per heavy atom. The van der Waals surface area contributed by atoms with Gasteiger partial charge in [-0.1, -0.05) is 30.4 Å². The van der Waals surface area contributed by atoms with Gasteiger partial charge in [0.25, 0.3) is 0 Å². The number of methoxy groups -OCH3 is 1. The summed E-state index contributed by atoms with van der Waals surface area (Å²) in [6.45, 7) is 0. The largest absolute Gasteiger partial charge is 0.497 e. The number of ether oxygens (including phenoxy) is 1. The molecule has 2 aromatic carbocycles. The highest BCUT2D eigenvalue weighted by molar-refractivity contribution is 5.91. The molecule has 0 radical (unpaired) electrons. The molecule has 0 unspecified atom stereocenters. The van der Waals surface area contributed by atoms with Gasteiger partial charge in [0.15, 0.2) is 0 Å². The van der Waals surface area contributed by atoms with Gasteiger partial charge in [-0.25, -0.2) is 0 Å². The van der Waals surface area contributed by atoms with Crippen molar-refractivity contribution in [1.82, 2.24) is 4.98 Å². The van der Waals surface area contributed by atoms with E-state index < -0.39 is 0 Å². The number of aromatic nitrogens is 1. The highest BCUT2D eigenvalue weighted by Gasteiger charge is 2.02. The third-order valence-corrected chi connectivity index (χ3v) is 3.42. The van der Waals surface area contributed by atoms with Crippen LogP contribution in [-0.4, -0.2) is 12.1 Å². The molecule has 0 amide bonds. The number of benzene rings is 2. The molecule has 0 fully saturated rings. The molecule has 0 saturated heterocycles. The number of anilines is 1. The van der Waals surface area contributed by atoms with Gasteiger partial charge in [0.05, 0.1) is 12.6 Å². The van der Waals surface area contributed by atoms with E-state index in [1.54, 1.807) is 7.11 Å². The third-order valence-electron chi connectivity index (χ3n) is 3.42. The van der Waals surface area contributed by atoms with E-state index in [1.807, 2.05) is 60.8 Å². The van der Waals surface area contributed by atoms with Crippen molar-refractivity contribution in [3.8, 4) is 5.75 Å². The lowest BCUT2D eigenvalue weighted by Crippen LogP contribution is -1.88. The van der Waals surface area contributed by atoms with Crippen LogP contribution in [-0.2, 0) is 0 Å². The van der Waals surface area contributed by atoms with Crippen LogP contribution in [0.5, 0.6) is 5.75 Å². The normalized spacial score (nSPS) is 11.1. The van der Waals surface area contributed by atoms with Crippen molar-refractivity contribution < 1.29 is 4.74 Å². The fourth-order valence-corrected chi connectivity index (χ4v) is 2.26. The minimum absolute atomic E-state index is 0.768. The van der Waals surface area contributed by atoms with Crippen LogP contribution < -0.4 is 10.5 Å². The van der Waals surface area contributed by atoms with Gasteiger partial charge in [-0.3, -0.25) is 4.98 Å². The third kappa shape index (κ3) is 2.72. The van der Waals surface area contributed by atoms with E-state index in [2.05, 4.69) is 11.1 Å². The Labute approximate surface area is 123 Å². The fourth-order valence-electron chi connectivity index (χ4n) is 2.26. The minimum Gasteiger partial charge on any atom is -0.497 e. The van der Waals surface area contributed by atoms with Crippen LogP contribution >= 0.6 is 0 Å². The Hall–Kier alpha value is -2.81. The maximum absolute atomic E-state index is 5.96. The molecule has 1 aromatic heterocycles. The molecule has 0 aliphatic rings. The number of para-hydroxylation sites is 1. The predicted molar refractivity (Wildman–Crippen MR) is 88.1 cm³/mol. The first-order chi connectivity index (χ1) is 10.3. The summed E-state index contributed by atoms with van der Waals surface area (Å²) in [7, 11) is 1.66. The molecule has 1 heterocycles. The van der Waals surface area contributed by atoms with Gasteiger partial charge >= 0.3 is 0 Å². The van der Waals surface area contributed by atoms with Gasteiger partial charge in [0.1, 0.15) is 5.75 Å². The predicted octanol–water partition coefficient (Wildman–Crippen LogP) is 4.00. The van der Waals surface area contributed by atoms with Gasteiger partial charge in [-0.15, -0.1) is 0 Å². The van der Waals surface area contributed by atoms with Crippen LogP contribution in [0.2, 0.25) is 0 Å².